The Kier molecular flexibility index (Phi) is 38.3. The molecule has 139 heavy (non-hydrogen) atoms. The van der Waals surface area contributed by atoms with E-state index in [2.05, 4.69) is 41.8 Å². The first-order valence-corrected chi connectivity index (χ1v) is 52.4. The zero-order valence-corrected chi connectivity index (χ0v) is 87.3. The topological polar surface area (TPSA) is 416 Å². The molecule has 3 aliphatic rings. The maximum Gasteiger partial charge on any atom is 0.277 e. The van der Waals surface area contributed by atoms with Crippen LogP contribution >= 0.6 is 68.7 Å². The second kappa shape index (κ2) is 47.9. The minimum atomic E-state index is -3.78. The van der Waals surface area contributed by atoms with E-state index in [1.165, 1.54) is 57.7 Å². The maximum atomic E-state index is 12.7. The summed E-state index contributed by atoms with van der Waals surface area (Å²) in [6.45, 7) is 38.3. The van der Waals surface area contributed by atoms with Crippen LogP contribution in [0.1, 0.15) is 113 Å². The molecule has 3 aliphatic heterocycles. The molecule has 8 aromatic heterocycles. The van der Waals surface area contributed by atoms with Crippen LogP contribution in [0.4, 0.5) is 22.7 Å². The number of aryl methyl sites for hydroxylation is 9. The Balaban J connectivity index is 0.000000177. The molecule has 0 aliphatic carbocycles. The number of nitrogens with two attached hydrogens (primary N) is 1. The standard InChI is InChI=1S/C15H18N2O2S.2C14H15ClN2O2S.C10H7Cl2NO2S.C10H7ClN2O2.C10H9ClN2.C10H9N2O3.C10H8N2O2.3C2H6/c1-10-8-17(9-10)20(18,19)14-6-4-5-13-12(3)16-7-11(2)15(13)14;2*1-9-7-17(8-9)20(18,19)12-5-3-4-11-13(12)10(2)6-16-14(11)15;1-6-5-13-10(11)7-3-2-4-8(9(6)7)16(12,14)15;1-6-5-12-10(11)7-3-2-4-8(9(6)7)13(14)15;1-6-5-13-10(11)7-3-2-4-8(12)9(6)7;1-7-5-11(13)6-8-3-2-4-9(10(7)8)12(14)15;1-7-5-11-6-8-3-2-4-9(10(7)8)12(13)14;3*1-2/h4-7,10H,8-9H2,1-3H3;2*3-6,9H,7-8H2,1-2H3;2-5H,1H3;2-5H,1H3;2-5H,12H2,1H3;2-6,13H,1H3;2-6H,1H3;3*1-2H3/q;;;;;;+1;;;;. The summed E-state index contributed by atoms with van der Waals surface area (Å²) < 4.78 is 105. The summed E-state index contributed by atoms with van der Waals surface area (Å²) in [5.41, 5.74) is 14.3. The van der Waals surface area contributed by atoms with Gasteiger partial charge in [-0.05, 0) is 155 Å². The Morgan fingerprint density at radius 3 is 0.957 bits per heavy atom. The Morgan fingerprint density at radius 2 is 0.604 bits per heavy atom. The molecule has 0 spiro atoms. The maximum absolute atomic E-state index is 12.7. The lowest BCUT2D eigenvalue weighted by atomic mass is 10.1. The minimum Gasteiger partial charge on any atom is -0.398 e. The van der Waals surface area contributed by atoms with Crippen LogP contribution in [0.2, 0.25) is 25.8 Å². The molecule has 30 nitrogen and oxygen atoms in total. The van der Waals surface area contributed by atoms with E-state index in [1.807, 2.05) is 127 Å². The average molecular weight is 2090 g/mol. The molecule has 0 radical (unpaired) electrons. The number of nitrogen functional groups attached to an aromatic ring is 1. The van der Waals surface area contributed by atoms with Gasteiger partial charge in [0.2, 0.25) is 42.5 Å². The Labute approximate surface area is 837 Å². The van der Waals surface area contributed by atoms with Crippen molar-refractivity contribution in [2.75, 3.05) is 45.0 Å². The van der Waals surface area contributed by atoms with E-state index in [0.29, 0.717) is 157 Å². The van der Waals surface area contributed by atoms with Gasteiger partial charge in [0.05, 0.1) is 55.9 Å². The number of anilines is 1. The number of pyridine rings is 8. The third-order valence-electron chi connectivity index (χ3n) is 22.2. The number of nitro groups is 3. The highest BCUT2D eigenvalue weighted by atomic mass is 35.7. The summed E-state index contributed by atoms with van der Waals surface area (Å²) in [5, 5.41) is 54.7. The van der Waals surface area contributed by atoms with Gasteiger partial charge < -0.3 is 5.73 Å². The SMILES string of the molecule is CC.CC.CC.Cc1c[n+](O)cc2cccc([N+](=O)[O-])c12.Cc1cnc(Cl)c2cccc(N)c12.Cc1cnc(Cl)c2cccc(S(=O)(=O)Cl)c12.Cc1cnc(Cl)c2cccc(S(=O)(=O)N3CC(C)C3)c12.Cc1cnc(Cl)c2cccc(S(=O)(=O)N3CC(C)C3)c12.Cc1cnc(Cl)c2cccc([N+](=O)[O-])c12.Cc1cncc2cccc([N+](=O)[O-])c12.Cc1ncc(C)c2c(S(=O)(=O)N3CC(C)C3)cccc12. The molecular formula is C99H106Cl6N15O15S4+. The summed E-state index contributed by atoms with van der Waals surface area (Å²) in [6, 6.07) is 40.7. The van der Waals surface area contributed by atoms with Crippen LogP contribution in [-0.2, 0) is 39.1 Å². The van der Waals surface area contributed by atoms with Gasteiger partial charge in [-0.25, -0.2) is 58.6 Å². The van der Waals surface area contributed by atoms with E-state index < -0.39 is 49.0 Å². The molecule has 0 saturated carbocycles. The van der Waals surface area contributed by atoms with E-state index in [9.17, 15) is 69.2 Å². The van der Waals surface area contributed by atoms with Crippen molar-refractivity contribution in [2.45, 2.75) is 144 Å². The molecule has 0 unspecified atom stereocenters. The quantitative estimate of drug-likeness (QED) is 0.0244. The van der Waals surface area contributed by atoms with Crippen molar-refractivity contribution in [3.63, 3.8) is 0 Å². The number of non-ortho nitro benzene ring substituents is 3. The lowest BCUT2D eigenvalue weighted by Gasteiger charge is -2.36. The van der Waals surface area contributed by atoms with Crippen LogP contribution in [0.3, 0.4) is 0 Å². The van der Waals surface area contributed by atoms with Gasteiger partial charge in [-0.3, -0.25) is 45.5 Å². The number of nitrogens with zero attached hydrogens (tertiary/aromatic N) is 14. The summed E-state index contributed by atoms with van der Waals surface area (Å²) in [7, 11) is -8.72. The van der Waals surface area contributed by atoms with Crippen LogP contribution in [-0.4, -0.2) is 141 Å². The Hall–Kier alpha value is -11.7. The molecule has 732 valence electrons. The number of aromatic nitrogens is 8. The summed E-state index contributed by atoms with van der Waals surface area (Å²) in [4.78, 5) is 60.7. The zero-order valence-electron chi connectivity index (χ0n) is 79.5. The van der Waals surface area contributed by atoms with Crippen molar-refractivity contribution in [1.82, 2.24) is 47.8 Å². The highest BCUT2D eigenvalue weighted by Gasteiger charge is 2.39. The first-order valence-electron chi connectivity index (χ1n) is 43.9. The Bertz CT molecular complexity index is 7490. The van der Waals surface area contributed by atoms with Gasteiger partial charge >= 0.3 is 0 Å². The summed E-state index contributed by atoms with van der Waals surface area (Å²) >= 11 is 29.9. The van der Waals surface area contributed by atoms with Gasteiger partial charge in [0.15, 0.2) is 0 Å². The molecule has 16 aromatic rings. The van der Waals surface area contributed by atoms with Crippen molar-refractivity contribution in [1.29, 1.82) is 0 Å². The van der Waals surface area contributed by atoms with Gasteiger partial charge in [-0.2, -0.15) is 12.9 Å². The van der Waals surface area contributed by atoms with Crippen LogP contribution in [0.25, 0.3) is 86.2 Å². The van der Waals surface area contributed by atoms with Crippen molar-refractivity contribution in [2.24, 2.45) is 17.8 Å². The molecule has 8 aromatic carbocycles. The van der Waals surface area contributed by atoms with E-state index in [-0.39, 0.29) is 32.0 Å². The molecule has 3 fully saturated rings. The number of rotatable bonds is 10. The van der Waals surface area contributed by atoms with Gasteiger partial charge in [0, 0.05) is 204 Å². The monoisotopic (exact) mass is 2080 g/mol. The molecule has 3 N–H and O–H groups in total. The molecule has 3 saturated heterocycles. The van der Waals surface area contributed by atoms with Crippen molar-refractivity contribution < 1.29 is 58.4 Å². The number of sulfonamides is 3. The predicted octanol–water partition coefficient (Wildman–Crippen LogP) is 24.3. The number of nitro benzene ring substituents is 3. The molecule has 0 amide bonds. The second-order valence-electron chi connectivity index (χ2n) is 32.3. The van der Waals surface area contributed by atoms with Gasteiger partial charge in [0.1, 0.15) is 25.8 Å². The van der Waals surface area contributed by atoms with E-state index in [0.717, 1.165) is 82.0 Å². The molecular weight excluding hydrogens is 1980 g/mol. The number of hydrogen-bond acceptors (Lipinski definition) is 23. The largest absolute Gasteiger partial charge is 0.398 e. The fraction of sp³-hybridized carbons (Fsp3) is 0.273. The Morgan fingerprint density at radius 1 is 0.338 bits per heavy atom. The van der Waals surface area contributed by atoms with E-state index >= 15 is 0 Å². The third-order valence-corrected chi connectivity index (χ3v) is 30.7. The summed E-state index contributed by atoms with van der Waals surface area (Å²) in [5.74, 6) is 1.29. The minimum absolute atomic E-state index is 0.0607. The smallest absolute Gasteiger partial charge is 0.277 e. The molecule has 0 atom stereocenters. The van der Waals surface area contributed by atoms with Crippen molar-refractivity contribution >= 4 is 217 Å². The molecule has 19 rings (SSSR count). The van der Waals surface area contributed by atoms with Crippen LogP contribution < -0.4 is 10.5 Å². The predicted molar refractivity (Wildman–Crippen MR) is 556 cm³/mol. The highest BCUT2D eigenvalue weighted by Crippen LogP contribution is 2.40. The normalized spacial score (nSPS) is 13.3. The van der Waals surface area contributed by atoms with Crippen LogP contribution in [0.15, 0.2) is 227 Å². The molecule has 0 bridgehead atoms. The van der Waals surface area contributed by atoms with E-state index in [1.54, 1.807) is 153 Å². The van der Waals surface area contributed by atoms with E-state index in [4.69, 9.17) is 74.4 Å². The average Bonchev–Trinajstić information content (AvgIpc) is 0.751. The van der Waals surface area contributed by atoms with Gasteiger partial charge in [0.25, 0.3) is 26.1 Å². The lowest BCUT2D eigenvalue weighted by Crippen LogP contribution is -2.48. The van der Waals surface area contributed by atoms with Gasteiger partial charge in [-0.15, -0.1) is 0 Å². The zero-order chi connectivity index (χ0) is 103. The van der Waals surface area contributed by atoms with Crippen molar-refractivity contribution in [3.8, 4) is 0 Å². The fourth-order valence-electron chi connectivity index (χ4n) is 15.8. The third kappa shape index (κ3) is 25.2. The lowest BCUT2D eigenvalue weighted by molar-refractivity contribution is -0.904. The first-order chi connectivity index (χ1) is 65.7. The van der Waals surface area contributed by atoms with Crippen molar-refractivity contribution in [3.05, 3.63) is 314 Å². The molecule has 11 heterocycles. The number of fused-ring (bicyclic) bond motifs is 8. The van der Waals surface area contributed by atoms with Gasteiger partial charge in [-0.1, -0.05) is 211 Å². The van der Waals surface area contributed by atoms with Crippen LogP contribution in [0.5, 0.6) is 0 Å². The summed E-state index contributed by atoms with van der Waals surface area (Å²) in [6.07, 6.45) is 15.9. The number of hydrogen-bond donors (Lipinski definition) is 2. The highest BCUT2D eigenvalue weighted by molar-refractivity contribution is 8.14. The number of benzene rings is 8. The fourth-order valence-corrected chi connectivity index (χ4v) is 23.9. The first kappa shape index (κ1) is 111. The number of halogens is 6. The molecule has 40 heteroatoms. The van der Waals surface area contributed by atoms with Crippen LogP contribution in [0, 0.1) is 110 Å². The second-order valence-corrected chi connectivity index (χ2v) is 42.3.